The summed E-state index contributed by atoms with van der Waals surface area (Å²) in [6.45, 7) is 2.54. The van der Waals surface area contributed by atoms with E-state index in [1.54, 1.807) is 0 Å². The Bertz CT molecular complexity index is 578. The first-order chi connectivity index (χ1) is 9.90. The molecular formula is C16H20N4. The van der Waals surface area contributed by atoms with E-state index in [1.807, 2.05) is 23.1 Å². The standard InChI is InChI=1S/C16H20N4/c1-4-13(12-14(5-1)20-10-3-8-17-20)18-15-7-11-19-9-2-6-16(15)19/h1,3-5,8,10,12,15-16,18H,2,6-7,9,11H2. The maximum Gasteiger partial charge on any atom is 0.0666 e. The average molecular weight is 268 g/mol. The van der Waals surface area contributed by atoms with Gasteiger partial charge in [-0.05, 0) is 50.1 Å². The first-order valence-corrected chi connectivity index (χ1v) is 7.51. The third-order valence-electron chi connectivity index (χ3n) is 4.57. The molecule has 1 aromatic carbocycles. The highest BCUT2D eigenvalue weighted by Crippen LogP contribution is 2.30. The molecular weight excluding hydrogens is 248 g/mol. The second-order valence-corrected chi connectivity index (χ2v) is 5.79. The quantitative estimate of drug-likeness (QED) is 0.928. The second kappa shape index (κ2) is 4.94. The maximum atomic E-state index is 4.29. The lowest BCUT2D eigenvalue weighted by Gasteiger charge is -2.22. The molecule has 0 saturated carbocycles. The van der Waals surface area contributed by atoms with Crippen LogP contribution in [0.4, 0.5) is 5.69 Å². The normalized spacial score (nSPS) is 25.8. The zero-order chi connectivity index (χ0) is 13.4. The lowest BCUT2D eigenvalue weighted by atomic mass is 10.1. The fourth-order valence-corrected chi connectivity index (χ4v) is 3.62. The first kappa shape index (κ1) is 12.0. The zero-order valence-electron chi connectivity index (χ0n) is 11.6. The van der Waals surface area contributed by atoms with Gasteiger partial charge in [0.05, 0.1) is 5.69 Å². The molecule has 2 aromatic rings. The molecule has 2 fully saturated rings. The third-order valence-corrected chi connectivity index (χ3v) is 4.57. The van der Waals surface area contributed by atoms with E-state index in [4.69, 9.17) is 0 Å². The summed E-state index contributed by atoms with van der Waals surface area (Å²) in [6.07, 6.45) is 7.75. The molecule has 1 aromatic heterocycles. The molecule has 4 nitrogen and oxygen atoms in total. The Hall–Kier alpha value is -1.81. The molecule has 0 amide bonds. The van der Waals surface area contributed by atoms with Crippen LogP contribution in [0.2, 0.25) is 0 Å². The molecule has 2 saturated heterocycles. The van der Waals surface area contributed by atoms with Gasteiger partial charge in [0.1, 0.15) is 0 Å². The number of nitrogens with one attached hydrogen (secondary N) is 1. The van der Waals surface area contributed by atoms with Gasteiger partial charge in [-0.3, -0.25) is 4.90 Å². The average Bonchev–Trinajstić information content (AvgIpc) is 3.18. The van der Waals surface area contributed by atoms with Crippen LogP contribution in [0.1, 0.15) is 19.3 Å². The Labute approximate surface area is 119 Å². The topological polar surface area (TPSA) is 33.1 Å². The maximum absolute atomic E-state index is 4.29. The molecule has 0 radical (unpaired) electrons. The molecule has 1 N–H and O–H groups in total. The van der Waals surface area contributed by atoms with E-state index in [0.717, 1.165) is 11.7 Å². The summed E-state index contributed by atoms with van der Waals surface area (Å²) >= 11 is 0. The van der Waals surface area contributed by atoms with E-state index in [-0.39, 0.29) is 0 Å². The number of aromatic nitrogens is 2. The monoisotopic (exact) mass is 268 g/mol. The van der Waals surface area contributed by atoms with E-state index in [9.17, 15) is 0 Å². The molecule has 0 aliphatic carbocycles. The Morgan fingerprint density at radius 1 is 1.15 bits per heavy atom. The number of rotatable bonds is 3. The highest BCUT2D eigenvalue weighted by atomic mass is 15.3. The number of hydrogen-bond acceptors (Lipinski definition) is 3. The SMILES string of the molecule is c1cc(NC2CCN3CCCC23)cc(-n2cccn2)c1. The van der Waals surface area contributed by atoms with Gasteiger partial charge in [0.2, 0.25) is 0 Å². The lowest BCUT2D eigenvalue weighted by Crippen LogP contribution is -2.33. The van der Waals surface area contributed by atoms with Gasteiger partial charge in [0, 0.05) is 36.7 Å². The van der Waals surface area contributed by atoms with Gasteiger partial charge in [-0.1, -0.05) is 6.07 Å². The van der Waals surface area contributed by atoms with Crippen molar-refractivity contribution in [2.45, 2.75) is 31.3 Å². The van der Waals surface area contributed by atoms with Crippen molar-refractivity contribution in [1.82, 2.24) is 14.7 Å². The van der Waals surface area contributed by atoms with Gasteiger partial charge in [-0.25, -0.2) is 4.68 Å². The summed E-state index contributed by atoms with van der Waals surface area (Å²) in [5, 5.41) is 8.03. The fourth-order valence-electron chi connectivity index (χ4n) is 3.62. The van der Waals surface area contributed by atoms with Crippen molar-refractivity contribution in [2.75, 3.05) is 18.4 Å². The van der Waals surface area contributed by atoms with E-state index in [1.165, 1.54) is 38.0 Å². The van der Waals surface area contributed by atoms with E-state index in [2.05, 4.69) is 39.6 Å². The van der Waals surface area contributed by atoms with Crippen molar-refractivity contribution in [3.8, 4) is 5.69 Å². The van der Waals surface area contributed by atoms with Crippen molar-refractivity contribution >= 4 is 5.69 Å². The molecule has 4 heteroatoms. The summed E-state index contributed by atoms with van der Waals surface area (Å²) in [4.78, 5) is 2.63. The Kier molecular flexibility index (Phi) is 2.96. The molecule has 2 atom stereocenters. The highest BCUT2D eigenvalue weighted by molar-refractivity contribution is 5.51. The lowest BCUT2D eigenvalue weighted by molar-refractivity contribution is 0.318. The second-order valence-electron chi connectivity index (χ2n) is 5.79. The Morgan fingerprint density at radius 3 is 3.05 bits per heavy atom. The van der Waals surface area contributed by atoms with Crippen LogP contribution in [-0.4, -0.2) is 39.9 Å². The predicted molar refractivity (Wildman–Crippen MR) is 80.2 cm³/mol. The molecule has 2 unspecified atom stereocenters. The summed E-state index contributed by atoms with van der Waals surface area (Å²) < 4.78 is 1.90. The molecule has 2 aliphatic heterocycles. The van der Waals surface area contributed by atoms with Gasteiger partial charge in [-0.15, -0.1) is 0 Å². The largest absolute Gasteiger partial charge is 0.381 e. The van der Waals surface area contributed by atoms with Gasteiger partial charge < -0.3 is 5.32 Å². The minimum Gasteiger partial charge on any atom is -0.381 e. The molecule has 4 rings (SSSR count). The van der Waals surface area contributed by atoms with E-state index < -0.39 is 0 Å². The van der Waals surface area contributed by atoms with Crippen LogP contribution in [0.15, 0.2) is 42.7 Å². The van der Waals surface area contributed by atoms with Crippen LogP contribution in [-0.2, 0) is 0 Å². The zero-order valence-corrected chi connectivity index (χ0v) is 11.6. The fraction of sp³-hybridized carbons (Fsp3) is 0.438. The molecule has 3 heterocycles. The molecule has 2 aliphatic rings. The molecule has 20 heavy (non-hydrogen) atoms. The summed E-state index contributed by atoms with van der Waals surface area (Å²) in [5.41, 5.74) is 2.32. The van der Waals surface area contributed by atoms with Gasteiger partial charge in [0.25, 0.3) is 0 Å². The molecule has 104 valence electrons. The van der Waals surface area contributed by atoms with Crippen molar-refractivity contribution in [3.63, 3.8) is 0 Å². The van der Waals surface area contributed by atoms with Crippen molar-refractivity contribution < 1.29 is 0 Å². The number of benzene rings is 1. The minimum absolute atomic E-state index is 0.602. The van der Waals surface area contributed by atoms with Crippen LogP contribution in [0, 0.1) is 0 Å². The molecule has 0 spiro atoms. The van der Waals surface area contributed by atoms with Gasteiger partial charge in [-0.2, -0.15) is 5.10 Å². The van der Waals surface area contributed by atoms with Crippen molar-refractivity contribution in [3.05, 3.63) is 42.7 Å². The third kappa shape index (κ3) is 2.10. The van der Waals surface area contributed by atoms with Crippen LogP contribution in [0.5, 0.6) is 0 Å². The number of hydrogen-bond donors (Lipinski definition) is 1. The summed E-state index contributed by atoms with van der Waals surface area (Å²) in [5.74, 6) is 0. The van der Waals surface area contributed by atoms with Gasteiger partial charge in [0.15, 0.2) is 0 Å². The van der Waals surface area contributed by atoms with Crippen LogP contribution >= 0.6 is 0 Å². The predicted octanol–water partition coefficient (Wildman–Crippen LogP) is 2.52. The molecule has 0 bridgehead atoms. The minimum atomic E-state index is 0.602. The summed E-state index contributed by atoms with van der Waals surface area (Å²) in [6, 6.07) is 11.8. The summed E-state index contributed by atoms with van der Waals surface area (Å²) in [7, 11) is 0. The van der Waals surface area contributed by atoms with Crippen molar-refractivity contribution in [1.29, 1.82) is 0 Å². The van der Waals surface area contributed by atoms with Crippen molar-refractivity contribution in [2.24, 2.45) is 0 Å². The first-order valence-electron chi connectivity index (χ1n) is 7.51. The Morgan fingerprint density at radius 2 is 2.15 bits per heavy atom. The Balaban J connectivity index is 1.53. The van der Waals surface area contributed by atoms with Crippen LogP contribution < -0.4 is 5.32 Å². The van der Waals surface area contributed by atoms with Crippen LogP contribution in [0.25, 0.3) is 5.69 Å². The van der Waals surface area contributed by atoms with Crippen LogP contribution in [0.3, 0.4) is 0 Å². The number of fused-ring (bicyclic) bond motifs is 1. The smallest absolute Gasteiger partial charge is 0.0666 e. The van der Waals surface area contributed by atoms with E-state index in [0.29, 0.717) is 6.04 Å². The highest BCUT2D eigenvalue weighted by Gasteiger charge is 2.36. The number of nitrogens with zero attached hydrogens (tertiary/aromatic N) is 3. The van der Waals surface area contributed by atoms with E-state index >= 15 is 0 Å². The number of anilines is 1. The van der Waals surface area contributed by atoms with Gasteiger partial charge >= 0.3 is 0 Å².